The molecular weight excluding hydrogens is 218 g/mol. The molecule has 0 spiro atoms. The van der Waals surface area contributed by atoms with E-state index < -0.39 is 0 Å². The van der Waals surface area contributed by atoms with Crippen molar-refractivity contribution < 1.29 is 0 Å². The molecule has 18 heavy (non-hydrogen) atoms. The monoisotopic (exact) mass is 245 g/mol. The number of benzene rings is 1. The van der Waals surface area contributed by atoms with Gasteiger partial charge in [0.25, 0.3) is 0 Å². The maximum absolute atomic E-state index is 2.49. The number of hydrogen-bond acceptors (Lipinski definition) is 1. The first-order valence-corrected chi connectivity index (χ1v) is 7.36. The van der Waals surface area contributed by atoms with E-state index in [2.05, 4.69) is 57.7 Å². The maximum atomic E-state index is 2.49. The smallest absolute Gasteiger partial charge is 0.0406 e. The molecule has 1 saturated carbocycles. The van der Waals surface area contributed by atoms with Crippen molar-refractivity contribution in [3.05, 3.63) is 29.3 Å². The summed E-state index contributed by atoms with van der Waals surface area (Å²) in [4.78, 5) is 2.49. The van der Waals surface area contributed by atoms with Crippen LogP contribution in [0.2, 0.25) is 0 Å². The summed E-state index contributed by atoms with van der Waals surface area (Å²) in [7, 11) is 0. The molecule has 0 heterocycles. The average molecular weight is 245 g/mol. The molecule has 1 nitrogen and oxygen atoms in total. The van der Waals surface area contributed by atoms with Crippen LogP contribution in [0.3, 0.4) is 0 Å². The Bertz CT molecular complexity index is 406. The Morgan fingerprint density at radius 1 is 1.11 bits per heavy atom. The second-order valence-electron chi connectivity index (χ2n) is 6.47. The van der Waals surface area contributed by atoms with Gasteiger partial charge in [0.05, 0.1) is 0 Å². The molecule has 0 bridgehead atoms. The molecule has 0 N–H and O–H groups in total. The van der Waals surface area contributed by atoms with Gasteiger partial charge >= 0.3 is 0 Å². The molecule has 0 radical (unpaired) electrons. The van der Waals surface area contributed by atoms with Gasteiger partial charge in [-0.2, -0.15) is 0 Å². The fourth-order valence-corrected chi connectivity index (χ4v) is 2.68. The largest absolute Gasteiger partial charge is 0.372 e. The molecule has 1 aromatic carbocycles. The highest BCUT2D eigenvalue weighted by Gasteiger charge is 2.26. The third kappa shape index (κ3) is 2.71. The molecule has 1 fully saturated rings. The van der Waals surface area contributed by atoms with Gasteiger partial charge in [0, 0.05) is 18.8 Å². The zero-order valence-corrected chi connectivity index (χ0v) is 12.6. The van der Waals surface area contributed by atoms with E-state index in [1.165, 1.54) is 24.1 Å². The molecule has 100 valence electrons. The Kier molecular flexibility index (Phi) is 3.70. The van der Waals surface area contributed by atoms with Crippen molar-refractivity contribution in [1.29, 1.82) is 0 Å². The summed E-state index contributed by atoms with van der Waals surface area (Å²) in [5.74, 6) is 0.841. The predicted octanol–water partition coefficient (Wildman–Crippen LogP) is 4.71. The molecule has 1 aliphatic carbocycles. The third-order valence-electron chi connectivity index (χ3n) is 3.98. The van der Waals surface area contributed by atoms with Crippen LogP contribution < -0.4 is 4.90 Å². The van der Waals surface area contributed by atoms with Crippen LogP contribution in [-0.2, 0) is 5.41 Å². The van der Waals surface area contributed by atoms with E-state index in [-0.39, 0.29) is 5.41 Å². The Labute approximate surface area is 112 Å². The van der Waals surface area contributed by atoms with Crippen molar-refractivity contribution in [2.24, 2.45) is 0 Å². The summed E-state index contributed by atoms with van der Waals surface area (Å²) in [6.45, 7) is 13.6. The maximum Gasteiger partial charge on any atom is 0.0406 e. The second kappa shape index (κ2) is 4.95. The van der Waals surface area contributed by atoms with Crippen LogP contribution in [0.5, 0.6) is 0 Å². The SMILES string of the molecule is CCN(CC)c1cc(C2CC2)ccc1C(C)(C)C. The van der Waals surface area contributed by atoms with E-state index in [9.17, 15) is 0 Å². The Morgan fingerprint density at radius 2 is 1.72 bits per heavy atom. The van der Waals surface area contributed by atoms with Gasteiger partial charge in [-0.1, -0.05) is 32.9 Å². The molecule has 1 heteroatoms. The van der Waals surface area contributed by atoms with Crippen molar-refractivity contribution in [3.8, 4) is 0 Å². The Hall–Kier alpha value is -0.980. The first-order valence-electron chi connectivity index (χ1n) is 7.36. The first kappa shape index (κ1) is 13.5. The van der Waals surface area contributed by atoms with Crippen LogP contribution >= 0.6 is 0 Å². The van der Waals surface area contributed by atoms with Crippen LogP contribution in [0.25, 0.3) is 0 Å². The first-order chi connectivity index (χ1) is 8.47. The zero-order valence-electron chi connectivity index (χ0n) is 12.6. The van der Waals surface area contributed by atoms with Crippen molar-refractivity contribution in [2.75, 3.05) is 18.0 Å². The topological polar surface area (TPSA) is 3.24 Å². The molecule has 0 saturated heterocycles. The van der Waals surface area contributed by atoms with E-state index in [1.54, 1.807) is 5.56 Å². The number of rotatable bonds is 4. The highest BCUT2D eigenvalue weighted by Crippen LogP contribution is 2.43. The van der Waals surface area contributed by atoms with Crippen molar-refractivity contribution >= 4 is 5.69 Å². The average Bonchev–Trinajstić information content (AvgIpc) is 3.13. The highest BCUT2D eigenvalue weighted by molar-refractivity contribution is 5.59. The third-order valence-corrected chi connectivity index (χ3v) is 3.98. The quantitative estimate of drug-likeness (QED) is 0.742. The van der Waals surface area contributed by atoms with Gasteiger partial charge in [0.2, 0.25) is 0 Å². The molecule has 0 aromatic heterocycles. The summed E-state index contributed by atoms with van der Waals surface area (Å²) in [6, 6.07) is 7.16. The fraction of sp³-hybridized carbons (Fsp3) is 0.647. The van der Waals surface area contributed by atoms with Crippen LogP contribution in [0.4, 0.5) is 5.69 Å². The highest BCUT2D eigenvalue weighted by atomic mass is 15.1. The van der Waals surface area contributed by atoms with E-state index in [4.69, 9.17) is 0 Å². The number of nitrogens with zero attached hydrogens (tertiary/aromatic N) is 1. The van der Waals surface area contributed by atoms with Crippen molar-refractivity contribution in [3.63, 3.8) is 0 Å². The standard InChI is InChI=1S/C17H27N/c1-6-18(7-2)16-12-14(13-8-9-13)10-11-15(16)17(3,4)5/h10-13H,6-9H2,1-5H3. The molecule has 2 rings (SSSR count). The molecule has 1 aromatic rings. The molecule has 1 aliphatic rings. The summed E-state index contributed by atoms with van der Waals surface area (Å²) in [5, 5.41) is 0. The molecule has 0 aliphatic heterocycles. The van der Waals surface area contributed by atoms with Gasteiger partial charge in [0.1, 0.15) is 0 Å². The van der Waals surface area contributed by atoms with Gasteiger partial charge in [-0.25, -0.2) is 0 Å². The van der Waals surface area contributed by atoms with Crippen LogP contribution in [0, 0.1) is 0 Å². The van der Waals surface area contributed by atoms with Gasteiger partial charge < -0.3 is 4.90 Å². The number of hydrogen-bond donors (Lipinski definition) is 0. The normalized spacial score (nSPS) is 15.8. The Balaban J connectivity index is 2.45. The number of anilines is 1. The lowest BCUT2D eigenvalue weighted by Gasteiger charge is -2.30. The molecule has 0 unspecified atom stereocenters. The molecule has 0 amide bonds. The summed E-state index contributed by atoms with van der Waals surface area (Å²) in [6.07, 6.45) is 2.76. The zero-order chi connectivity index (χ0) is 13.3. The van der Waals surface area contributed by atoms with Crippen LogP contribution in [0.15, 0.2) is 18.2 Å². The lowest BCUT2D eigenvalue weighted by atomic mass is 9.84. The van der Waals surface area contributed by atoms with Crippen LogP contribution in [0.1, 0.15) is 64.5 Å². The molecule has 0 atom stereocenters. The van der Waals surface area contributed by atoms with Crippen molar-refractivity contribution in [1.82, 2.24) is 0 Å². The van der Waals surface area contributed by atoms with Crippen molar-refractivity contribution in [2.45, 2.75) is 58.8 Å². The fourth-order valence-electron chi connectivity index (χ4n) is 2.68. The van der Waals surface area contributed by atoms with E-state index in [0.29, 0.717) is 0 Å². The van der Waals surface area contributed by atoms with Gasteiger partial charge in [-0.15, -0.1) is 0 Å². The van der Waals surface area contributed by atoms with Gasteiger partial charge in [-0.05, 0) is 55.2 Å². The second-order valence-corrected chi connectivity index (χ2v) is 6.47. The summed E-state index contributed by atoms with van der Waals surface area (Å²) < 4.78 is 0. The minimum atomic E-state index is 0.222. The van der Waals surface area contributed by atoms with E-state index in [0.717, 1.165) is 19.0 Å². The molecular formula is C17H27N. The van der Waals surface area contributed by atoms with E-state index in [1.807, 2.05) is 0 Å². The summed E-state index contributed by atoms with van der Waals surface area (Å²) >= 11 is 0. The van der Waals surface area contributed by atoms with Gasteiger partial charge in [0.15, 0.2) is 0 Å². The predicted molar refractivity (Wildman–Crippen MR) is 80.7 cm³/mol. The lowest BCUT2D eigenvalue weighted by Crippen LogP contribution is -2.26. The minimum Gasteiger partial charge on any atom is -0.372 e. The van der Waals surface area contributed by atoms with Gasteiger partial charge in [-0.3, -0.25) is 0 Å². The van der Waals surface area contributed by atoms with Crippen LogP contribution in [-0.4, -0.2) is 13.1 Å². The lowest BCUT2D eigenvalue weighted by molar-refractivity contribution is 0.587. The minimum absolute atomic E-state index is 0.222. The summed E-state index contributed by atoms with van der Waals surface area (Å²) in [5.41, 5.74) is 4.71. The Morgan fingerprint density at radius 3 is 2.17 bits per heavy atom. The van der Waals surface area contributed by atoms with E-state index >= 15 is 0 Å².